The lowest BCUT2D eigenvalue weighted by Gasteiger charge is -2.11. The van der Waals surface area contributed by atoms with Gasteiger partial charge in [0.25, 0.3) is 0 Å². The van der Waals surface area contributed by atoms with Crippen LogP contribution in [-0.4, -0.2) is 5.91 Å². The fourth-order valence-electron chi connectivity index (χ4n) is 1.02. The minimum Gasteiger partial charge on any atom is -0.327 e. The SMILES string of the molecule is CC(=O)NC1=CC[C@@H](C)C=C1. The molecule has 0 saturated carbocycles. The van der Waals surface area contributed by atoms with Gasteiger partial charge in [0, 0.05) is 12.6 Å². The van der Waals surface area contributed by atoms with Crippen molar-refractivity contribution in [2.45, 2.75) is 20.3 Å². The molecule has 0 fully saturated rings. The lowest BCUT2D eigenvalue weighted by Crippen LogP contribution is -2.19. The molecule has 2 nitrogen and oxygen atoms in total. The summed E-state index contributed by atoms with van der Waals surface area (Å²) in [4.78, 5) is 10.6. The van der Waals surface area contributed by atoms with Crippen LogP contribution in [0.15, 0.2) is 23.9 Å². The second-order valence-electron chi connectivity index (χ2n) is 2.91. The number of hydrogen-bond donors (Lipinski definition) is 1. The molecule has 1 rings (SSSR count). The zero-order valence-electron chi connectivity index (χ0n) is 6.92. The molecule has 0 aromatic rings. The number of allylic oxidation sites excluding steroid dienone is 3. The third-order valence-corrected chi connectivity index (χ3v) is 1.63. The molecule has 1 atom stereocenters. The van der Waals surface area contributed by atoms with E-state index in [0.29, 0.717) is 5.92 Å². The first-order valence-electron chi connectivity index (χ1n) is 3.84. The van der Waals surface area contributed by atoms with Gasteiger partial charge >= 0.3 is 0 Å². The Morgan fingerprint density at radius 1 is 1.73 bits per heavy atom. The molecule has 1 N–H and O–H groups in total. The van der Waals surface area contributed by atoms with Gasteiger partial charge in [-0.05, 0) is 18.4 Å². The summed E-state index contributed by atoms with van der Waals surface area (Å²) in [5.41, 5.74) is 0.926. The molecule has 0 aromatic carbocycles. The van der Waals surface area contributed by atoms with Crippen LogP contribution in [0.1, 0.15) is 20.3 Å². The molecule has 1 aliphatic rings. The molecule has 0 saturated heterocycles. The average molecular weight is 151 g/mol. The highest BCUT2D eigenvalue weighted by Crippen LogP contribution is 2.13. The maximum Gasteiger partial charge on any atom is 0.221 e. The highest BCUT2D eigenvalue weighted by molar-refractivity contribution is 5.75. The van der Waals surface area contributed by atoms with Gasteiger partial charge in [0.1, 0.15) is 0 Å². The third kappa shape index (κ3) is 2.58. The third-order valence-electron chi connectivity index (χ3n) is 1.63. The van der Waals surface area contributed by atoms with Crippen LogP contribution in [0.5, 0.6) is 0 Å². The van der Waals surface area contributed by atoms with E-state index in [2.05, 4.69) is 18.3 Å². The van der Waals surface area contributed by atoms with Crippen molar-refractivity contribution in [1.29, 1.82) is 0 Å². The predicted molar refractivity (Wildman–Crippen MR) is 44.8 cm³/mol. The van der Waals surface area contributed by atoms with Crippen LogP contribution in [0.3, 0.4) is 0 Å². The van der Waals surface area contributed by atoms with Crippen molar-refractivity contribution in [2.24, 2.45) is 5.92 Å². The molecule has 0 aliphatic heterocycles. The van der Waals surface area contributed by atoms with Crippen molar-refractivity contribution >= 4 is 5.91 Å². The van der Waals surface area contributed by atoms with Gasteiger partial charge in [0.05, 0.1) is 0 Å². The Hall–Kier alpha value is -1.05. The first kappa shape index (κ1) is 8.05. The Kier molecular flexibility index (Phi) is 2.47. The molecule has 0 radical (unpaired) electrons. The van der Waals surface area contributed by atoms with Crippen molar-refractivity contribution in [3.05, 3.63) is 23.9 Å². The van der Waals surface area contributed by atoms with Gasteiger partial charge in [-0.2, -0.15) is 0 Å². The molecule has 0 unspecified atom stereocenters. The molecule has 1 aliphatic carbocycles. The van der Waals surface area contributed by atoms with Gasteiger partial charge in [0.15, 0.2) is 0 Å². The molecule has 0 bridgehead atoms. The quantitative estimate of drug-likeness (QED) is 0.606. The van der Waals surface area contributed by atoms with Crippen molar-refractivity contribution in [2.75, 3.05) is 0 Å². The molecule has 0 aromatic heterocycles. The fraction of sp³-hybridized carbons (Fsp3) is 0.444. The highest BCUT2D eigenvalue weighted by Gasteiger charge is 2.03. The minimum atomic E-state index is -0.00421. The van der Waals surface area contributed by atoms with Crippen LogP contribution in [0.4, 0.5) is 0 Å². The Labute approximate surface area is 67.0 Å². The van der Waals surface area contributed by atoms with E-state index in [0.717, 1.165) is 12.1 Å². The molecule has 60 valence electrons. The van der Waals surface area contributed by atoms with E-state index < -0.39 is 0 Å². The lowest BCUT2D eigenvalue weighted by molar-refractivity contribution is -0.118. The van der Waals surface area contributed by atoms with Crippen LogP contribution in [0, 0.1) is 5.92 Å². The van der Waals surface area contributed by atoms with Crippen LogP contribution >= 0.6 is 0 Å². The topological polar surface area (TPSA) is 29.1 Å². The van der Waals surface area contributed by atoms with Gasteiger partial charge in [-0.25, -0.2) is 0 Å². The van der Waals surface area contributed by atoms with Crippen LogP contribution < -0.4 is 5.32 Å². The normalized spacial score (nSPS) is 22.7. The fourth-order valence-corrected chi connectivity index (χ4v) is 1.02. The van der Waals surface area contributed by atoms with E-state index in [1.807, 2.05) is 12.2 Å². The molecule has 2 heteroatoms. The standard InChI is InChI=1S/C9H13NO/c1-7-3-5-9(6-4-7)10-8(2)11/h3,5-7H,4H2,1-2H3,(H,10,11)/t7-/m0/s1. The van der Waals surface area contributed by atoms with E-state index in [1.165, 1.54) is 6.92 Å². The first-order valence-corrected chi connectivity index (χ1v) is 3.84. The first-order chi connectivity index (χ1) is 5.18. The second kappa shape index (κ2) is 3.37. The highest BCUT2D eigenvalue weighted by atomic mass is 16.1. The summed E-state index contributed by atoms with van der Waals surface area (Å²) in [7, 11) is 0. The largest absolute Gasteiger partial charge is 0.327 e. The van der Waals surface area contributed by atoms with E-state index in [4.69, 9.17) is 0 Å². The van der Waals surface area contributed by atoms with Crippen LogP contribution in [-0.2, 0) is 4.79 Å². The van der Waals surface area contributed by atoms with E-state index in [-0.39, 0.29) is 5.91 Å². The molecule has 11 heavy (non-hydrogen) atoms. The van der Waals surface area contributed by atoms with Gasteiger partial charge in [-0.15, -0.1) is 0 Å². The Morgan fingerprint density at radius 2 is 2.45 bits per heavy atom. The summed E-state index contributed by atoms with van der Waals surface area (Å²) in [5.74, 6) is 0.600. The van der Waals surface area contributed by atoms with Gasteiger partial charge in [-0.1, -0.05) is 19.1 Å². The number of carbonyl (C=O) groups excluding carboxylic acids is 1. The average Bonchev–Trinajstić information content (AvgIpc) is 1.93. The van der Waals surface area contributed by atoms with Gasteiger partial charge < -0.3 is 5.32 Å². The summed E-state index contributed by atoms with van der Waals surface area (Å²) < 4.78 is 0. The van der Waals surface area contributed by atoms with Crippen molar-refractivity contribution < 1.29 is 4.79 Å². The van der Waals surface area contributed by atoms with Crippen LogP contribution in [0.2, 0.25) is 0 Å². The summed E-state index contributed by atoms with van der Waals surface area (Å²) in [6, 6.07) is 0. The second-order valence-corrected chi connectivity index (χ2v) is 2.91. The zero-order chi connectivity index (χ0) is 8.27. The summed E-state index contributed by atoms with van der Waals surface area (Å²) in [6.07, 6.45) is 7.12. The van der Waals surface area contributed by atoms with Gasteiger partial charge in [-0.3, -0.25) is 4.79 Å². The molecular formula is C9H13NO. The Bertz CT molecular complexity index is 216. The Balaban J connectivity index is 2.50. The van der Waals surface area contributed by atoms with E-state index in [9.17, 15) is 4.79 Å². The summed E-state index contributed by atoms with van der Waals surface area (Å²) in [5, 5.41) is 2.74. The molecule has 0 heterocycles. The number of rotatable bonds is 1. The number of nitrogens with one attached hydrogen (secondary N) is 1. The maximum absolute atomic E-state index is 10.6. The van der Waals surface area contributed by atoms with Crippen molar-refractivity contribution in [3.8, 4) is 0 Å². The molecular weight excluding hydrogens is 138 g/mol. The number of amides is 1. The predicted octanol–water partition coefficient (Wildman–Crippen LogP) is 1.60. The van der Waals surface area contributed by atoms with Crippen molar-refractivity contribution in [1.82, 2.24) is 5.32 Å². The minimum absolute atomic E-state index is 0.00421. The molecule has 0 spiro atoms. The smallest absolute Gasteiger partial charge is 0.221 e. The monoisotopic (exact) mass is 151 g/mol. The van der Waals surface area contributed by atoms with Gasteiger partial charge in [0.2, 0.25) is 5.91 Å². The van der Waals surface area contributed by atoms with Crippen LogP contribution in [0.25, 0.3) is 0 Å². The number of hydrogen-bond acceptors (Lipinski definition) is 1. The zero-order valence-corrected chi connectivity index (χ0v) is 6.92. The Morgan fingerprint density at radius 3 is 2.91 bits per heavy atom. The maximum atomic E-state index is 10.6. The lowest BCUT2D eigenvalue weighted by atomic mass is 10.0. The molecule has 1 amide bonds. The van der Waals surface area contributed by atoms with E-state index >= 15 is 0 Å². The van der Waals surface area contributed by atoms with Crippen molar-refractivity contribution in [3.63, 3.8) is 0 Å². The summed E-state index contributed by atoms with van der Waals surface area (Å²) in [6.45, 7) is 3.67. The number of carbonyl (C=O) groups is 1. The van der Waals surface area contributed by atoms with E-state index in [1.54, 1.807) is 0 Å². The summed E-state index contributed by atoms with van der Waals surface area (Å²) >= 11 is 0.